The molecule has 1 saturated carbocycles. The lowest BCUT2D eigenvalue weighted by Crippen LogP contribution is -2.41. The Kier molecular flexibility index (Phi) is 2.74. The van der Waals surface area contributed by atoms with E-state index < -0.39 is 0 Å². The molecule has 4 nitrogen and oxygen atoms in total. The minimum Gasteiger partial charge on any atom is -0.441 e. The Bertz CT molecular complexity index is 557. The zero-order valence-corrected chi connectivity index (χ0v) is 10.9. The van der Waals surface area contributed by atoms with Crippen LogP contribution in [-0.4, -0.2) is 24.6 Å². The van der Waals surface area contributed by atoms with Crippen molar-refractivity contribution in [3.8, 4) is 0 Å². The summed E-state index contributed by atoms with van der Waals surface area (Å²) in [6.07, 6.45) is 2.29. The Balaban J connectivity index is 1.76. The summed E-state index contributed by atoms with van der Waals surface area (Å²) >= 11 is 0. The van der Waals surface area contributed by atoms with E-state index in [1.54, 1.807) is 0 Å². The molecule has 0 radical (unpaired) electrons. The van der Waals surface area contributed by atoms with Crippen LogP contribution in [0.1, 0.15) is 18.7 Å². The van der Waals surface area contributed by atoms with Gasteiger partial charge in [0.2, 0.25) is 0 Å². The van der Waals surface area contributed by atoms with Crippen molar-refractivity contribution in [3.63, 3.8) is 0 Å². The fraction of sp³-hybridized carbons (Fsp3) is 0.500. The van der Waals surface area contributed by atoms with Crippen LogP contribution in [0.5, 0.6) is 0 Å². The smallest absolute Gasteiger partial charge is 0.192 e. The van der Waals surface area contributed by atoms with Gasteiger partial charge < -0.3 is 15.1 Å². The maximum Gasteiger partial charge on any atom is 0.192 e. The third-order valence-electron chi connectivity index (χ3n) is 3.72. The molecular formula is C14H19N3O. The van der Waals surface area contributed by atoms with E-state index >= 15 is 0 Å². The number of rotatable bonds is 3. The van der Waals surface area contributed by atoms with Gasteiger partial charge in [-0.15, -0.1) is 0 Å². The summed E-state index contributed by atoms with van der Waals surface area (Å²) in [5, 5.41) is 0. The van der Waals surface area contributed by atoms with Crippen molar-refractivity contribution >= 4 is 16.8 Å². The Labute approximate surface area is 107 Å². The van der Waals surface area contributed by atoms with E-state index in [1.807, 2.05) is 13.0 Å². The number of anilines is 1. The molecule has 1 fully saturated rings. The molecule has 0 saturated heterocycles. The number of aryl methyl sites for hydroxylation is 1. The average Bonchev–Trinajstić information content (AvgIpc) is 2.65. The molecule has 1 heterocycles. The largest absolute Gasteiger partial charge is 0.441 e. The highest BCUT2D eigenvalue weighted by molar-refractivity contribution is 5.77. The lowest BCUT2D eigenvalue weighted by atomic mass is 9.80. The molecule has 1 aromatic heterocycles. The van der Waals surface area contributed by atoms with Gasteiger partial charge >= 0.3 is 0 Å². The van der Waals surface area contributed by atoms with Gasteiger partial charge in [-0.3, -0.25) is 0 Å². The third-order valence-corrected chi connectivity index (χ3v) is 3.72. The van der Waals surface area contributed by atoms with Crippen molar-refractivity contribution in [2.45, 2.75) is 25.8 Å². The van der Waals surface area contributed by atoms with Crippen LogP contribution < -0.4 is 10.6 Å². The monoisotopic (exact) mass is 245 g/mol. The van der Waals surface area contributed by atoms with Crippen LogP contribution in [0.15, 0.2) is 22.6 Å². The summed E-state index contributed by atoms with van der Waals surface area (Å²) in [5.74, 6) is 1.45. The highest BCUT2D eigenvalue weighted by Gasteiger charge is 2.26. The van der Waals surface area contributed by atoms with Crippen molar-refractivity contribution in [2.24, 2.45) is 11.7 Å². The fourth-order valence-electron chi connectivity index (χ4n) is 2.69. The Morgan fingerprint density at radius 1 is 1.44 bits per heavy atom. The molecule has 1 aliphatic carbocycles. The molecule has 1 aromatic carbocycles. The molecular weight excluding hydrogens is 226 g/mol. The van der Waals surface area contributed by atoms with Crippen molar-refractivity contribution in [1.82, 2.24) is 4.98 Å². The van der Waals surface area contributed by atoms with Crippen LogP contribution in [-0.2, 0) is 0 Å². The molecule has 4 heteroatoms. The summed E-state index contributed by atoms with van der Waals surface area (Å²) < 4.78 is 5.56. The molecule has 0 spiro atoms. The fourth-order valence-corrected chi connectivity index (χ4v) is 2.69. The minimum atomic E-state index is 0.419. The van der Waals surface area contributed by atoms with Crippen LogP contribution >= 0.6 is 0 Å². The van der Waals surface area contributed by atoms with Crippen LogP contribution in [0.4, 0.5) is 5.69 Å². The van der Waals surface area contributed by atoms with E-state index in [1.165, 1.54) is 5.69 Å². The first-order chi connectivity index (χ1) is 8.61. The summed E-state index contributed by atoms with van der Waals surface area (Å²) in [5.41, 5.74) is 8.79. The lowest BCUT2D eigenvalue weighted by Gasteiger charge is -2.36. The Morgan fingerprint density at radius 2 is 2.22 bits per heavy atom. The number of nitrogens with zero attached hydrogens (tertiary/aromatic N) is 2. The van der Waals surface area contributed by atoms with Crippen molar-refractivity contribution < 1.29 is 4.42 Å². The number of benzene rings is 1. The summed E-state index contributed by atoms with van der Waals surface area (Å²) in [7, 11) is 2.12. The lowest BCUT2D eigenvalue weighted by molar-refractivity contribution is 0.271. The van der Waals surface area contributed by atoms with E-state index in [0.717, 1.165) is 42.3 Å². The number of oxazole rings is 1. The van der Waals surface area contributed by atoms with E-state index in [4.69, 9.17) is 10.2 Å². The Hall–Kier alpha value is -1.55. The van der Waals surface area contributed by atoms with Gasteiger partial charge in [-0.05, 0) is 30.9 Å². The van der Waals surface area contributed by atoms with Gasteiger partial charge in [0.05, 0.1) is 0 Å². The van der Waals surface area contributed by atoms with Gasteiger partial charge in [0.25, 0.3) is 0 Å². The highest BCUT2D eigenvalue weighted by Crippen LogP contribution is 2.29. The van der Waals surface area contributed by atoms with E-state index in [-0.39, 0.29) is 0 Å². The van der Waals surface area contributed by atoms with Gasteiger partial charge in [-0.25, -0.2) is 4.98 Å². The first-order valence-corrected chi connectivity index (χ1v) is 6.46. The quantitative estimate of drug-likeness (QED) is 0.901. The molecule has 3 rings (SSSR count). The molecule has 0 aliphatic heterocycles. The summed E-state index contributed by atoms with van der Waals surface area (Å²) in [4.78, 5) is 6.58. The molecule has 96 valence electrons. The topological polar surface area (TPSA) is 55.3 Å². The molecule has 2 aromatic rings. The number of hydrogen-bond acceptors (Lipinski definition) is 4. The molecule has 18 heavy (non-hydrogen) atoms. The molecule has 2 N–H and O–H groups in total. The molecule has 0 atom stereocenters. The summed E-state index contributed by atoms with van der Waals surface area (Å²) in [6, 6.07) is 6.60. The second kappa shape index (κ2) is 4.28. The van der Waals surface area contributed by atoms with E-state index in [9.17, 15) is 0 Å². The van der Waals surface area contributed by atoms with Crippen molar-refractivity contribution in [2.75, 3.05) is 18.5 Å². The standard InChI is InChI=1S/C14H19N3O/c1-9-16-13-4-3-12(7-14(13)18-9)17(2)8-10-5-11(15)6-10/h3-4,7,10-11H,5-6,8,15H2,1-2H3. The van der Waals surface area contributed by atoms with Crippen LogP contribution in [0.3, 0.4) is 0 Å². The van der Waals surface area contributed by atoms with E-state index in [0.29, 0.717) is 6.04 Å². The highest BCUT2D eigenvalue weighted by atomic mass is 16.3. The maximum atomic E-state index is 5.82. The second-order valence-corrected chi connectivity index (χ2v) is 5.36. The van der Waals surface area contributed by atoms with Gasteiger partial charge in [0.1, 0.15) is 5.52 Å². The molecule has 1 aliphatic rings. The molecule has 0 unspecified atom stereocenters. The predicted octanol–water partition coefficient (Wildman–Crippen LogP) is 2.31. The zero-order valence-electron chi connectivity index (χ0n) is 10.9. The summed E-state index contributed by atoms with van der Waals surface area (Å²) in [6.45, 7) is 2.94. The van der Waals surface area contributed by atoms with Gasteiger partial charge in [0.15, 0.2) is 11.5 Å². The van der Waals surface area contributed by atoms with Crippen LogP contribution in [0.2, 0.25) is 0 Å². The van der Waals surface area contributed by atoms with Gasteiger partial charge in [-0.1, -0.05) is 0 Å². The van der Waals surface area contributed by atoms with Gasteiger partial charge in [-0.2, -0.15) is 0 Å². The van der Waals surface area contributed by atoms with Crippen LogP contribution in [0, 0.1) is 12.8 Å². The minimum absolute atomic E-state index is 0.419. The SMILES string of the molecule is Cc1nc2ccc(N(C)CC3CC(N)C3)cc2o1. The zero-order chi connectivity index (χ0) is 12.7. The predicted molar refractivity (Wildman–Crippen MR) is 72.7 cm³/mol. The number of aromatic nitrogens is 1. The van der Waals surface area contributed by atoms with Crippen molar-refractivity contribution in [3.05, 3.63) is 24.1 Å². The van der Waals surface area contributed by atoms with Gasteiger partial charge in [0, 0.05) is 38.3 Å². The second-order valence-electron chi connectivity index (χ2n) is 5.36. The first-order valence-electron chi connectivity index (χ1n) is 6.46. The number of nitrogens with two attached hydrogens (primary N) is 1. The first kappa shape index (κ1) is 11.5. The maximum absolute atomic E-state index is 5.82. The number of fused-ring (bicyclic) bond motifs is 1. The number of hydrogen-bond donors (Lipinski definition) is 1. The van der Waals surface area contributed by atoms with E-state index in [2.05, 4.69) is 29.1 Å². The van der Waals surface area contributed by atoms with Crippen LogP contribution in [0.25, 0.3) is 11.1 Å². The molecule has 0 amide bonds. The average molecular weight is 245 g/mol. The molecule has 0 bridgehead atoms. The third kappa shape index (κ3) is 2.08. The Morgan fingerprint density at radius 3 is 2.94 bits per heavy atom. The van der Waals surface area contributed by atoms with Crippen molar-refractivity contribution in [1.29, 1.82) is 0 Å². The normalized spacial score (nSPS) is 23.1.